The number of anilines is 1. The van der Waals surface area contributed by atoms with E-state index in [1.165, 1.54) is 24.5 Å². The molecule has 0 aliphatic rings. The summed E-state index contributed by atoms with van der Waals surface area (Å²) < 4.78 is 20.0. The van der Waals surface area contributed by atoms with Crippen molar-refractivity contribution in [1.82, 2.24) is 4.98 Å². The second-order valence-corrected chi connectivity index (χ2v) is 5.46. The van der Waals surface area contributed by atoms with Gasteiger partial charge in [-0.15, -0.1) is 0 Å². The Morgan fingerprint density at radius 1 is 1.39 bits per heavy atom. The minimum absolute atomic E-state index is 0.0282. The zero-order valence-electron chi connectivity index (χ0n) is 11.9. The van der Waals surface area contributed by atoms with E-state index in [0.717, 1.165) is 0 Å². The molecule has 1 atom stereocenters. The van der Waals surface area contributed by atoms with Gasteiger partial charge in [-0.1, -0.05) is 23.2 Å². The molecule has 0 fully saturated rings. The standard InChI is InChI=1S/C15H12Cl2FN3O2/c1-7(13-8(16)4-21-5-9(13)17)23-12-3-2-10(19)14(15(12)18)11(20)6-22/h2-7,20H,19H2,1H3. The summed E-state index contributed by atoms with van der Waals surface area (Å²) in [6.07, 6.45) is 2.32. The van der Waals surface area contributed by atoms with E-state index in [1.807, 2.05) is 0 Å². The van der Waals surface area contributed by atoms with Gasteiger partial charge in [0.05, 0.1) is 15.6 Å². The zero-order chi connectivity index (χ0) is 17.1. The van der Waals surface area contributed by atoms with Gasteiger partial charge in [0.2, 0.25) is 0 Å². The van der Waals surface area contributed by atoms with Gasteiger partial charge in [0.15, 0.2) is 17.9 Å². The van der Waals surface area contributed by atoms with E-state index >= 15 is 0 Å². The number of rotatable bonds is 5. The Balaban J connectivity index is 2.41. The Bertz CT molecular complexity index is 763. The summed E-state index contributed by atoms with van der Waals surface area (Å²) in [7, 11) is 0. The fourth-order valence-electron chi connectivity index (χ4n) is 2.05. The van der Waals surface area contributed by atoms with Crippen LogP contribution in [0.2, 0.25) is 10.0 Å². The number of nitrogen functional groups attached to an aromatic ring is 1. The van der Waals surface area contributed by atoms with Gasteiger partial charge in [-0.2, -0.15) is 0 Å². The predicted octanol–water partition coefficient (Wildman–Crippen LogP) is 3.82. The molecule has 2 rings (SSSR count). The van der Waals surface area contributed by atoms with Crippen molar-refractivity contribution in [3.05, 3.63) is 51.5 Å². The van der Waals surface area contributed by atoms with E-state index in [4.69, 9.17) is 39.1 Å². The number of nitrogens with two attached hydrogens (primary N) is 1. The van der Waals surface area contributed by atoms with Crippen molar-refractivity contribution >= 4 is 40.9 Å². The average Bonchev–Trinajstić information content (AvgIpc) is 2.50. The van der Waals surface area contributed by atoms with E-state index in [-0.39, 0.29) is 33.3 Å². The van der Waals surface area contributed by atoms with Gasteiger partial charge in [-0.25, -0.2) is 4.39 Å². The van der Waals surface area contributed by atoms with Gasteiger partial charge in [0.25, 0.3) is 0 Å². The maximum absolute atomic E-state index is 14.5. The third-order valence-electron chi connectivity index (χ3n) is 3.13. The summed E-state index contributed by atoms with van der Waals surface area (Å²) in [6.45, 7) is 1.63. The molecule has 120 valence electrons. The number of nitrogens with zero attached hydrogens (tertiary/aromatic N) is 1. The van der Waals surface area contributed by atoms with Crippen molar-refractivity contribution < 1.29 is 13.9 Å². The topological polar surface area (TPSA) is 89.1 Å². The second kappa shape index (κ2) is 6.93. The van der Waals surface area contributed by atoms with Gasteiger partial charge in [-0.3, -0.25) is 15.2 Å². The summed E-state index contributed by atoms with van der Waals surface area (Å²) in [5.74, 6) is -1.06. The van der Waals surface area contributed by atoms with Gasteiger partial charge in [0, 0.05) is 23.6 Å². The van der Waals surface area contributed by atoms with Crippen molar-refractivity contribution in [2.75, 3.05) is 5.73 Å². The van der Waals surface area contributed by atoms with Crippen molar-refractivity contribution in [1.29, 1.82) is 5.41 Å². The van der Waals surface area contributed by atoms with Crippen LogP contribution in [-0.2, 0) is 4.79 Å². The fraction of sp³-hybridized carbons (Fsp3) is 0.133. The Hall–Kier alpha value is -2.18. The number of ether oxygens (including phenoxy) is 1. The highest BCUT2D eigenvalue weighted by Crippen LogP contribution is 2.34. The lowest BCUT2D eigenvalue weighted by Gasteiger charge is -2.19. The van der Waals surface area contributed by atoms with Crippen LogP contribution in [-0.4, -0.2) is 17.0 Å². The Labute approximate surface area is 141 Å². The number of aromatic nitrogens is 1. The monoisotopic (exact) mass is 355 g/mol. The van der Waals surface area contributed by atoms with Gasteiger partial charge >= 0.3 is 0 Å². The molecular formula is C15H12Cl2FN3O2. The first kappa shape index (κ1) is 17.2. The van der Waals surface area contributed by atoms with Crippen LogP contribution < -0.4 is 10.5 Å². The summed E-state index contributed by atoms with van der Waals surface area (Å²) in [4.78, 5) is 14.6. The van der Waals surface area contributed by atoms with Crippen molar-refractivity contribution in [2.24, 2.45) is 0 Å². The molecule has 0 amide bonds. The Kier molecular flexibility index (Phi) is 5.18. The molecule has 1 heterocycles. The van der Waals surface area contributed by atoms with Crippen LogP contribution in [0.15, 0.2) is 24.5 Å². The highest BCUT2D eigenvalue weighted by Gasteiger charge is 2.21. The molecule has 0 radical (unpaired) electrons. The first-order valence-corrected chi connectivity index (χ1v) is 7.20. The molecule has 8 heteroatoms. The molecule has 3 N–H and O–H groups in total. The minimum atomic E-state index is -0.893. The quantitative estimate of drug-likeness (QED) is 0.484. The maximum Gasteiger partial charge on any atom is 0.176 e. The maximum atomic E-state index is 14.5. The van der Waals surface area contributed by atoms with Crippen molar-refractivity contribution in [3.8, 4) is 5.75 Å². The third-order valence-corrected chi connectivity index (χ3v) is 3.73. The lowest BCUT2D eigenvalue weighted by atomic mass is 10.1. The van der Waals surface area contributed by atoms with Crippen LogP contribution in [0.4, 0.5) is 10.1 Å². The van der Waals surface area contributed by atoms with Crippen LogP contribution in [0.1, 0.15) is 24.2 Å². The number of carbonyl (C=O) groups is 1. The normalized spacial score (nSPS) is 11.8. The molecule has 0 spiro atoms. The molecule has 0 aliphatic carbocycles. The molecule has 0 saturated carbocycles. The van der Waals surface area contributed by atoms with E-state index in [2.05, 4.69) is 4.98 Å². The summed E-state index contributed by atoms with van der Waals surface area (Å²) >= 11 is 12.1. The van der Waals surface area contributed by atoms with Crippen molar-refractivity contribution in [3.63, 3.8) is 0 Å². The molecular weight excluding hydrogens is 344 g/mol. The smallest absolute Gasteiger partial charge is 0.176 e. The van der Waals surface area contributed by atoms with E-state index in [9.17, 15) is 9.18 Å². The van der Waals surface area contributed by atoms with E-state index < -0.39 is 17.6 Å². The van der Waals surface area contributed by atoms with Gasteiger partial charge in [0.1, 0.15) is 11.8 Å². The first-order chi connectivity index (χ1) is 10.9. The van der Waals surface area contributed by atoms with Crippen LogP contribution in [0.25, 0.3) is 0 Å². The lowest BCUT2D eigenvalue weighted by molar-refractivity contribution is -0.102. The molecule has 1 aromatic heterocycles. The number of halogens is 3. The predicted molar refractivity (Wildman–Crippen MR) is 87.0 cm³/mol. The van der Waals surface area contributed by atoms with Crippen LogP contribution in [0.3, 0.4) is 0 Å². The first-order valence-electron chi connectivity index (χ1n) is 6.44. The molecule has 2 aromatic rings. The number of aldehydes is 1. The molecule has 1 aromatic carbocycles. The Morgan fingerprint density at radius 3 is 2.57 bits per heavy atom. The largest absolute Gasteiger partial charge is 0.483 e. The summed E-state index contributed by atoms with van der Waals surface area (Å²) in [6, 6.07) is 2.67. The molecule has 5 nitrogen and oxygen atoms in total. The highest BCUT2D eigenvalue weighted by atomic mass is 35.5. The molecule has 0 aliphatic heterocycles. The fourth-order valence-corrected chi connectivity index (χ4v) is 2.73. The summed E-state index contributed by atoms with van der Waals surface area (Å²) in [5.41, 5.74) is 5.15. The van der Waals surface area contributed by atoms with Crippen LogP contribution in [0, 0.1) is 11.2 Å². The third kappa shape index (κ3) is 3.43. The van der Waals surface area contributed by atoms with E-state index in [1.54, 1.807) is 6.92 Å². The number of benzene rings is 1. The summed E-state index contributed by atoms with van der Waals surface area (Å²) in [5, 5.41) is 8.04. The van der Waals surface area contributed by atoms with Gasteiger partial charge in [-0.05, 0) is 19.1 Å². The van der Waals surface area contributed by atoms with Crippen LogP contribution >= 0.6 is 23.2 Å². The zero-order valence-corrected chi connectivity index (χ0v) is 13.5. The molecule has 0 saturated heterocycles. The number of carbonyl (C=O) groups excluding carboxylic acids is 1. The number of hydrogen-bond acceptors (Lipinski definition) is 5. The Morgan fingerprint density at radius 2 is 2.00 bits per heavy atom. The van der Waals surface area contributed by atoms with Crippen LogP contribution in [0.5, 0.6) is 5.75 Å². The van der Waals surface area contributed by atoms with Gasteiger partial charge < -0.3 is 10.5 Å². The SMILES string of the molecule is CC(Oc1ccc(N)c(C(=N)C=O)c1F)c1c(Cl)cncc1Cl. The van der Waals surface area contributed by atoms with Crippen molar-refractivity contribution in [2.45, 2.75) is 13.0 Å². The molecule has 0 bridgehead atoms. The second-order valence-electron chi connectivity index (χ2n) is 4.65. The minimum Gasteiger partial charge on any atom is -0.483 e. The highest BCUT2D eigenvalue weighted by molar-refractivity contribution is 6.36. The number of hydrogen-bond donors (Lipinski definition) is 2. The lowest BCUT2D eigenvalue weighted by Crippen LogP contribution is -2.11. The average molecular weight is 356 g/mol. The molecule has 23 heavy (non-hydrogen) atoms. The molecule has 1 unspecified atom stereocenters. The number of nitrogens with one attached hydrogen (secondary N) is 1. The van der Waals surface area contributed by atoms with E-state index in [0.29, 0.717) is 5.56 Å². The number of pyridine rings is 1.